The Hall–Kier alpha value is -12.4. The van der Waals surface area contributed by atoms with Crippen molar-refractivity contribution in [3.8, 4) is 5.69 Å². The maximum Gasteiger partial charge on any atom is 0.349 e. The number of nitro benzene ring substituents is 2. The third-order valence-electron chi connectivity index (χ3n) is 21.0. The summed E-state index contributed by atoms with van der Waals surface area (Å²) in [4.78, 5) is 130. The third kappa shape index (κ3) is 25.8. The van der Waals surface area contributed by atoms with Gasteiger partial charge in [-0.15, -0.1) is 37.9 Å². The van der Waals surface area contributed by atoms with Gasteiger partial charge < -0.3 is 33.1 Å². The van der Waals surface area contributed by atoms with Crippen LogP contribution in [-0.2, 0) is 25.5 Å². The summed E-state index contributed by atoms with van der Waals surface area (Å²) >= 11 is 5.48. The Balaban J connectivity index is 0.000000216. The Morgan fingerprint density at radius 1 is 0.377 bits per heavy atom. The van der Waals surface area contributed by atoms with Gasteiger partial charge in [0.25, 0.3) is 22.5 Å². The second-order valence-electron chi connectivity index (χ2n) is 30.2. The van der Waals surface area contributed by atoms with Gasteiger partial charge >= 0.3 is 11.3 Å². The van der Waals surface area contributed by atoms with E-state index in [1.54, 1.807) is 66.7 Å². The highest BCUT2D eigenvalue weighted by molar-refractivity contribution is 6.22. The lowest BCUT2D eigenvalue weighted by Crippen LogP contribution is -2.26. The molecule has 0 unspecified atom stereocenters. The molecule has 122 heavy (non-hydrogen) atoms. The molecule has 0 radical (unpaired) electrons. The first-order valence-electron chi connectivity index (χ1n) is 41.9. The molecule has 0 saturated heterocycles. The standard InChI is InChI=1S/C32H32N4O4.C16H8N2O5.C16H24N2O2.C16H26N2.C10H20.C7H6ClNO2/c1-3-5-6-9-16-35(15-4-2)18-19-11-10-12-20(17-19)36-31(39)25-26(32(36)40)28(34)24-23(27(25)33)29(37)21-13-7-8-14-22(21)30(24)38;17-11-7-8(12(18)10-9(11)15(21)23-16(10)22)14(20)6-4-2-1-3-5(6)13(7)19;1-3-5-6-7-12-17(11-4-2)14-15-9-8-10-16(13-15)18(19)20;1-3-5-6-7-12-18(11-4-2)14-15-9-8-10-16(17)13-15;1-3-5-7-9-10-8-6-4-2;8-5-6-2-1-3-7(4-6)9(10)11/h4,7-8,10-14,17H,2-3,5-6,9,15-16,18,33-34H2,1H3;1-4H,17-18H2;4,8-10,13H,2-3,5-7,11-12,14H2,1H3;4,8-10,13H,2-3,5-7,11-12,14,17H2,1H3;3H,1,4-10H2,2H3;1-4H,5H2. The summed E-state index contributed by atoms with van der Waals surface area (Å²) in [6.07, 6.45) is 32.0. The van der Waals surface area contributed by atoms with Crippen molar-refractivity contribution in [3.63, 3.8) is 0 Å². The summed E-state index contributed by atoms with van der Waals surface area (Å²) in [7, 11) is 0. The number of rotatable bonds is 38. The summed E-state index contributed by atoms with van der Waals surface area (Å²) in [6.45, 7) is 31.9. The Morgan fingerprint density at radius 2 is 0.697 bits per heavy atom. The lowest BCUT2D eigenvalue weighted by atomic mass is 9.97. The van der Waals surface area contributed by atoms with Crippen molar-refractivity contribution in [2.45, 2.75) is 175 Å². The number of nitrogens with two attached hydrogens (primary N) is 5. The average Bonchev–Trinajstić information content (AvgIpc) is 1.51. The number of fused-ring (bicyclic) bond motifs is 6. The highest BCUT2D eigenvalue weighted by Gasteiger charge is 2.28. The fourth-order valence-corrected chi connectivity index (χ4v) is 15.0. The van der Waals surface area contributed by atoms with Crippen molar-refractivity contribution in [3.05, 3.63) is 321 Å². The second-order valence-corrected chi connectivity index (χ2v) is 30.5. The van der Waals surface area contributed by atoms with Crippen LogP contribution in [0.2, 0.25) is 0 Å². The van der Waals surface area contributed by atoms with Gasteiger partial charge in [-0.3, -0.25) is 63.7 Å². The van der Waals surface area contributed by atoms with Crippen molar-refractivity contribution in [1.82, 2.24) is 19.3 Å². The smallest absolute Gasteiger partial charge is 0.349 e. The monoisotopic (exact) mass is 1680 g/mol. The van der Waals surface area contributed by atoms with Crippen LogP contribution in [0, 0.1) is 20.2 Å². The molecule has 0 spiro atoms. The molecule has 10 N–H and O–H groups in total. The van der Waals surface area contributed by atoms with Crippen LogP contribution in [0.15, 0.2) is 239 Å². The third-order valence-corrected chi connectivity index (χ3v) is 21.3. The van der Waals surface area contributed by atoms with Crippen molar-refractivity contribution < 1.29 is 14.3 Å². The van der Waals surface area contributed by atoms with E-state index in [-0.39, 0.29) is 104 Å². The zero-order chi connectivity index (χ0) is 89.0. The summed E-state index contributed by atoms with van der Waals surface area (Å²) in [6, 6.07) is 41.1. The topological polar surface area (TPSA) is 381 Å². The Morgan fingerprint density at radius 3 is 1.05 bits per heavy atom. The van der Waals surface area contributed by atoms with Gasteiger partial charge in [-0.2, -0.15) is 0 Å². The summed E-state index contributed by atoms with van der Waals surface area (Å²) in [5.41, 5.74) is 29.5. The minimum atomic E-state index is -0.976. The van der Waals surface area contributed by atoms with Crippen molar-refractivity contribution >= 4 is 116 Å². The SMILES string of the molecule is C=CCCCCCCCC.C=CCN(CCCCCC)Cc1cccc(-n2c(=O)c3c(N)c4c(=O)c5ccccc5c(=O)c4c(N)c3c2=O)c1.C=CCN(CCCCCC)Cc1cccc(N)c1.C=CCN(CCCCCC)Cc1cccc([N+](=O)[O-])c1.Nc1c2c(=O)oc(=O)c2c(N)c2c(=O)c3ccccc3c(=O)c12.O=[N+]([O-])c1cccc(CCl)c1. The van der Waals surface area contributed by atoms with Crippen LogP contribution in [0.3, 0.4) is 0 Å². The van der Waals surface area contributed by atoms with E-state index in [0.29, 0.717) is 24.7 Å². The maximum absolute atomic E-state index is 13.7. The molecule has 0 aliphatic carbocycles. The molecular formula is C97H116ClN11O13. The number of nitro groups is 2. The fourth-order valence-electron chi connectivity index (χ4n) is 14.8. The number of hydrogen-bond acceptors (Lipinski definition) is 21. The number of unbranched alkanes of at least 4 members (excludes halogenated alkanes) is 15. The van der Waals surface area contributed by atoms with Crippen LogP contribution in [-0.4, -0.2) is 68.4 Å². The molecule has 2 heterocycles. The predicted molar refractivity (Wildman–Crippen MR) is 506 cm³/mol. The first-order valence-corrected chi connectivity index (χ1v) is 42.4. The number of non-ortho nitro benzene ring substituents is 2. The number of nitrogen functional groups attached to an aromatic ring is 5. The molecule has 0 atom stereocenters. The number of aromatic nitrogens is 1. The molecule has 25 heteroatoms. The molecule has 2 aromatic heterocycles. The lowest BCUT2D eigenvalue weighted by molar-refractivity contribution is -0.385. The second kappa shape index (κ2) is 49.4. The normalized spacial score (nSPS) is 11.0. The number of benzene rings is 10. The fraction of sp³-hybridized carbons (Fsp3) is 0.340. The zero-order valence-electron chi connectivity index (χ0n) is 70.8. The van der Waals surface area contributed by atoms with Gasteiger partial charge in [-0.1, -0.05) is 239 Å². The minimum absolute atomic E-state index is 0.0863. The molecule has 10 aromatic carbocycles. The maximum atomic E-state index is 13.7. The predicted octanol–water partition coefficient (Wildman–Crippen LogP) is 18.5. The van der Waals surface area contributed by atoms with E-state index in [1.165, 1.54) is 144 Å². The van der Waals surface area contributed by atoms with Gasteiger partial charge in [0.2, 0.25) is 0 Å². The summed E-state index contributed by atoms with van der Waals surface area (Å²) in [5.74, 6) is 0.307. The Labute approximate surface area is 715 Å². The average molecular weight is 1680 g/mol. The van der Waals surface area contributed by atoms with Gasteiger partial charge in [0.15, 0.2) is 21.7 Å². The highest BCUT2D eigenvalue weighted by Crippen LogP contribution is 2.34. The number of hydrogen-bond donors (Lipinski definition) is 5. The first-order chi connectivity index (χ1) is 58.8. The quantitative estimate of drug-likeness (QED) is 0.00351. The first kappa shape index (κ1) is 96.8. The van der Waals surface area contributed by atoms with Gasteiger partial charge in [-0.25, -0.2) is 14.2 Å². The molecule has 0 aliphatic rings. The largest absolute Gasteiger partial charge is 0.399 e. The minimum Gasteiger partial charge on any atom is -0.399 e. The van der Waals surface area contributed by atoms with E-state index in [2.05, 4.69) is 85.3 Å². The van der Waals surface area contributed by atoms with E-state index >= 15 is 0 Å². The van der Waals surface area contributed by atoms with E-state index in [0.717, 1.165) is 98.4 Å². The molecule has 0 amide bonds. The number of allylic oxidation sites excluding steroid dienone is 1. The van der Waals surface area contributed by atoms with E-state index in [4.69, 9.17) is 40.3 Å². The molecule has 12 aromatic rings. The number of halogens is 1. The summed E-state index contributed by atoms with van der Waals surface area (Å²) in [5, 5.41) is 20.4. The van der Waals surface area contributed by atoms with Gasteiger partial charge in [-0.05, 0) is 98.3 Å². The van der Waals surface area contributed by atoms with Crippen molar-refractivity contribution in [2.24, 2.45) is 0 Å². The van der Waals surface area contributed by atoms with Crippen LogP contribution < -0.4 is 72.8 Å². The van der Waals surface area contributed by atoms with Crippen LogP contribution in [0.5, 0.6) is 0 Å². The number of alkyl halides is 1. The van der Waals surface area contributed by atoms with Crippen LogP contribution in [0.4, 0.5) is 39.8 Å². The van der Waals surface area contributed by atoms with E-state index in [1.807, 2.05) is 48.6 Å². The van der Waals surface area contributed by atoms with Gasteiger partial charge in [0.05, 0.1) is 70.6 Å². The zero-order valence-corrected chi connectivity index (χ0v) is 71.5. The number of nitrogens with zero attached hydrogens (tertiary/aromatic N) is 6. The lowest BCUT2D eigenvalue weighted by Gasteiger charge is -2.21. The van der Waals surface area contributed by atoms with Crippen molar-refractivity contribution in [1.29, 1.82) is 0 Å². The molecule has 0 bridgehead atoms. The van der Waals surface area contributed by atoms with Crippen LogP contribution in [0.25, 0.3) is 70.3 Å². The molecule has 24 nitrogen and oxygen atoms in total. The van der Waals surface area contributed by atoms with Crippen LogP contribution >= 0.6 is 11.6 Å². The van der Waals surface area contributed by atoms with E-state index in [9.17, 15) is 58.6 Å². The Bertz CT molecular complexity index is 5840. The van der Waals surface area contributed by atoms with Crippen molar-refractivity contribution in [2.75, 3.05) is 67.9 Å². The van der Waals surface area contributed by atoms with Crippen LogP contribution in [0.1, 0.15) is 172 Å². The van der Waals surface area contributed by atoms with Gasteiger partial charge in [0.1, 0.15) is 10.8 Å². The molecule has 12 rings (SSSR count). The summed E-state index contributed by atoms with van der Waals surface area (Å²) < 4.78 is 5.52. The molecule has 0 aliphatic heterocycles. The molecular weight excluding hydrogens is 1560 g/mol. The van der Waals surface area contributed by atoms with Gasteiger partial charge in [0, 0.05) is 96.6 Å². The molecule has 644 valence electrons. The number of anilines is 5. The molecule has 0 fully saturated rings. The number of furan rings is 1. The van der Waals surface area contributed by atoms with E-state index < -0.39 is 49.0 Å². The highest BCUT2D eigenvalue weighted by atomic mass is 35.5. The molecule has 0 saturated carbocycles. The Kier molecular flexibility index (Phi) is 39.2.